The predicted molar refractivity (Wildman–Crippen MR) is 113 cm³/mol. The van der Waals surface area contributed by atoms with E-state index in [9.17, 15) is 9.59 Å². The lowest BCUT2D eigenvalue weighted by Gasteiger charge is -2.08. The van der Waals surface area contributed by atoms with Crippen LogP contribution in [-0.2, 0) is 20.7 Å². The van der Waals surface area contributed by atoms with Crippen LogP contribution in [0.5, 0.6) is 11.5 Å². The standard InChI is InChI=1S/C23H27NO5/c1-4-5-6-17-7-11-19(12-8-17)24-22(25)16-29-23(26)14-10-18-9-13-20(27-2)21(15-18)28-3/h7-15H,4-6,16H2,1-3H3,(H,24,25). The number of rotatable bonds is 10. The van der Waals surface area contributed by atoms with Crippen LogP contribution in [0.15, 0.2) is 48.5 Å². The van der Waals surface area contributed by atoms with Crippen molar-refractivity contribution in [1.29, 1.82) is 0 Å². The summed E-state index contributed by atoms with van der Waals surface area (Å²) in [6, 6.07) is 12.9. The molecule has 2 aromatic carbocycles. The number of hydrogen-bond acceptors (Lipinski definition) is 5. The zero-order valence-electron chi connectivity index (χ0n) is 17.1. The number of aryl methyl sites for hydroxylation is 1. The highest BCUT2D eigenvalue weighted by Gasteiger charge is 2.07. The number of anilines is 1. The van der Waals surface area contributed by atoms with E-state index in [0.717, 1.165) is 24.8 Å². The summed E-state index contributed by atoms with van der Waals surface area (Å²) in [6.45, 7) is 1.80. The highest BCUT2D eigenvalue weighted by atomic mass is 16.5. The number of benzene rings is 2. The molecule has 2 aromatic rings. The fourth-order valence-electron chi connectivity index (χ4n) is 2.64. The third-order valence-corrected chi connectivity index (χ3v) is 4.22. The molecule has 1 N–H and O–H groups in total. The molecule has 0 radical (unpaired) electrons. The largest absolute Gasteiger partial charge is 0.493 e. The summed E-state index contributed by atoms with van der Waals surface area (Å²) in [4.78, 5) is 23.8. The number of hydrogen-bond donors (Lipinski definition) is 1. The summed E-state index contributed by atoms with van der Waals surface area (Å²) in [5.41, 5.74) is 2.65. The summed E-state index contributed by atoms with van der Waals surface area (Å²) >= 11 is 0. The Morgan fingerprint density at radius 2 is 1.72 bits per heavy atom. The van der Waals surface area contributed by atoms with E-state index >= 15 is 0 Å². The van der Waals surface area contributed by atoms with Crippen LogP contribution in [0, 0.1) is 0 Å². The van der Waals surface area contributed by atoms with E-state index < -0.39 is 5.97 Å². The maximum atomic E-state index is 12.0. The minimum Gasteiger partial charge on any atom is -0.493 e. The molecule has 0 unspecified atom stereocenters. The summed E-state index contributed by atoms with van der Waals surface area (Å²) in [5.74, 6) is 0.162. The number of amides is 1. The lowest BCUT2D eigenvalue weighted by molar-refractivity contribution is -0.142. The van der Waals surface area contributed by atoms with Crippen molar-refractivity contribution in [2.75, 3.05) is 26.1 Å². The van der Waals surface area contributed by atoms with Crippen LogP contribution in [0.25, 0.3) is 6.08 Å². The molecule has 0 saturated heterocycles. The van der Waals surface area contributed by atoms with Crippen molar-refractivity contribution in [3.05, 3.63) is 59.7 Å². The van der Waals surface area contributed by atoms with E-state index in [4.69, 9.17) is 14.2 Å². The lowest BCUT2D eigenvalue weighted by atomic mass is 10.1. The summed E-state index contributed by atoms with van der Waals surface area (Å²) in [5, 5.41) is 2.71. The van der Waals surface area contributed by atoms with Crippen molar-refractivity contribution in [3.63, 3.8) is 0 Å². The third kappa shape index (κ3) is 7.33. The molecule has 0 aliphatic rings. The molecule has 0 saturated carbocycles. The van der Waals surface area contributed by atoms with Crippen LogP contribution in [0.1, 0.15) is 30.9 Å². The Balaban J connectivity index is 1.81. The van der Waals surface area contributed by atoms with Crippen LogP contribution in [0.4, 0.5) is 5.69 Å². The van der Waals surface area contributed by atoms with Gasteiger partial charge in [-0.15, -0.1) is 0 Å². The van der Waals surface area contributed by atoms with E-state index in [0.29, 0.717) is 17.2 Å². The smallest absolute Gasteiger partial charge is 0.331 e. The van der Waals surface area contributed by atoms with Gasteiger partial charge in [0.1, 0.15) is 0 Å². The molecular formula is C23H27NO5. The SMILES string of the molecule is CCCCc1ccc(NC(=O)COC(=O)C=Cc2ccc(OC)c(OC)c2)cc1. The van der Waals surface area contributed by atoms with Crippen molar-refractivity contribution in [3.8, 4) is 11.5 Å². The van der Waals surface area contributed by atoms with Gasteiger partial charge in [-0.3, -0.25) is 4.79 Å². The van der Waals surface area contributed by atoms with Gasteiger partial charge in [-0.05, 0) is 54.3 Å². The molecule has 2 rings (SSSR count). The highest BCUT2D eigenvalue weighted by Crippen LogP contribution is 2.27. The van der Waals surface area contributed by atoms with E-state index in [1.165, 1.54) is 18.7 Å². The average Bonchev–Trinajstić information content (AvgIpc) is 2.75. The van der Waals surface area contributed by atoms with Crippen molar-refractivity contribution >= 4 is 23.6 Å². The second-order valence-corrected chi connectivity index (χ2v) is 6.40. The number of unbranched alkanes of at least 4 members (excludes halogenated alkanes) is 1. The molecule has 0 fully saturated rings. The topological polar surface area (TPSA) is 73.9 Å². The number of nitrogens with one attached hydrogen (secondary N) is 1. The first-order valence-corrected chi connectivity index (χ1v) is 9.51. The number of ether oxygens (including phenoxy) is 3. The van der Waals surface area contributed by atoms with Gasteiger partial charge < -0.3 is 19.5 Å². The van der Waals surface area contributed by atoms with Gasteiger partial charge in [-0.2, -0.15) is 0 Å². The van der Waals surface area contributed by atoms with Crippen LogP contribution in [0.3, 0.4) is 0 Å². The van der Waals surface area contributed by atoms with Crippen LogP contribution in [-0.4, -0.2) is 32.7 Å². The maximum Gasteiger partial charge on any atom is 0.331 e. The fraction of sp³-hybridized carbons (Fsp3) is 0.304. The van der Waals surface area contributed by atoms with Gasteiger partial charge >= 0.3 is 5.97 Å². The zero-order chi connectivity index (χ0) is 21.1. The molecule has 0 spiro atoms. The molecule has 29 heavy (non-hydrogen) atoms. The normalized spacial score (nSPS) is 10.6. The molecule has 0 aliphatic carbocycles. The molecule has 1 amide bonds. The Hall–Kier alpha value is -3.28. The van der Waals surface area contributed by atoms with Crippen molar-refractivity contribution in [2.45, 2.75) is 26.2 Å². The van der Waals surface area contributed by atoms with Gasteiger partial charge in [0.05, 0.1) is 14.2 Å². The van der Waals surface area contributed by atoms with E-state index in [1.807, 2.05) is 24.3 Å². The molecule has 0 aliphatic heterocycles. The van der Waals surface area contributed by atoms with Crippen molar-refractivity contribution in [1.82, 2.24) is 0 Å². The van der Waals surface area contributed by atoms with Gasteiger partial charge in [0.2, 0.25) is 0 Å². The quantitative estimate of drug-likeness (QED) is 0.479. The van der Waals surface area contributed by atoms with Gasteiger partial charge in [-0.25, -0.2) is 4.79 Å². The summed E-state index contributed by atoms with van der Waals surface area (Å²) in [6.07, 6.45) is 6.14. The monoisotopic (exact) mass is 397 g/mol. The van der Waals surface area contributed by atoms with Crippen molar-refractivity contribution in [2.24, 2.45) is 0 Å². The first-order chi connectivity index (χ1) is 14.0. The average molecular weight is 397 g/mol. The first-order valence-electron chi connectivity index (χ1n) is 9.51. The Labute approximate surface area is 171 Å². The zero-order valence-corrected chi connectivity index (χ0v) is 17.1. The first kappa shape index (κ1) is 22.0. The van der Waals surface area contributed by atoms with E-state index in [2.05, 4.69) is 12.2 Å². The number of carbonyl (C=O) groups excluding carboxylic acids is 2. The number of carbonyl (C=O) groups is 2. The number of esters is 1. The second-order valence-electron chi connectivity index (χ2n) is 6.40. The third-order valence-electron chi connectivity index (χ3n) is 4.22. The second kappa shape index (κ2) is 11.5. The lowest BCUT2D eigenvalue weighted by Crippen LogP contribution is -2.20. The molecule has 0 aromatic heterocycles. The minimum absolute atomic E-state index is 0.354. The molecule has 0 heterocycles. The molecule has 0 bridgehead atoms. The van der Waals surface area contributed by atoms with Gasteiger partial charge in [0, 0.05) is 11.8 Å². The van der Waals surface area contributed by atoms with Crippen molar-refractivity contribution < 1.29 is 23.8 Å². The molecular weight excluding hydrogens is 370 g/mol. The van der Waals surface area contributed by atoms with E-state index in [-0.39, 0.29) is 12.5 Å². The molecule has 6 heteroatoms. The fourth-order valence-corrected chi connectivity index (χ4v) is 2.64. The summed E-state index contributed by atoms with van der Waals surface area (Å²) in [7, 11) is 3.09. The summed E-state index contributed by atoms with van der Waals surface area (Å²) < 4.78 is 15.4. The number of methoxy groups -OCH3 is 2. The Kier molecular flexibility index (Phi) is 8.76. The van der Waals surface area contributed by atoms with Crippen LogP contribution < -0.4 is 14.8 Å². The van der Waals surface area contributed by atoms with Gasteiger partial charge in [0.25, 0.3) is 5.91 Å². The van der Waals surface area contributed by atoms with E-state index in [1.54, 1.807) is 31.4 Å². The highest BCUT2D eigenvalue weighted by molar-refractivity contribution is 5.94. The van der Waals surface area contributed by atoms with Crippen LogP contribution in [0.2, 0.25) is 0 Å². The minimum atomic E-state index is -0.607. The Morgan fingerprint density at radius 1 is 1.00 bits per heavy atom. The Bertz CT molecular complexity index is 843. The predicted octanol–water partition coefficient (Wildman–Crippen LogP) is 4.24. The molecule has 0 atom stereocenters. The Morgan fingerprint density at radius 3 is 2.38 bits per heavy atom. The van der Waals surface area contributed by atoms with Gasteiger partial charge in [-0.1, -0.05) is 31.5 Å². The van der Waals surface area contributed by atoms with Crippen LogP contribution >= 0.6 is 0 Å². The maximum absolute atomic E-state index is 12.0. The molecule has 6 nitrogen and oxygen atoms in total. The van der Waals surface area contributed by atoms with Gasteiger partial charge in [0.15, 0.2) is 18.1 Å². The molecule has 154 valence electrons.